The van der Waals surface area contributed by atoms with E-state index in [2.05, 4.69) is 0 Å². The van der Waals surface area contributed by atoms with Crippen molar-refractivity contribution in [3.05, 3.63) is 59.2 Å². The van der Waals surface area contributed by atoms with Crippen molar-refractivity contribution in [2.45, 2.75) is 26.0 Å². The minimum absolute atomic E-state index is 0.0256. The van der Waals surface area contributed by atoms with Crippen molar-refractivity contribution in [1.82, 2.24) is 9.80 Å². The molecule has 0 aromatic heterocycles. The van der Waals surface area contributed by atoms with Crippen LogP contribution >= 0.6 is 0 Å². The third kappa shape index (κ3) is 4.98. The second kappa shape index (κ2) is 10.00. The summed E-state index contributed by atoms with van der Waals surface area (Å²) < 4.78 is 11.5. The maximum Gasteiger partial charge on any atom is 0.295 e. The number of rotatable bonds is 7. The fourth-order valence-electron chi connectivity index (χ4n) is 4.42. The van der Waals surface area contributed by atoms with Crippen LogP contribution in [0.15, 0.2) is 48.0 Å². The quantitative estimate of drug-likeness (QED) is 0.371. The van der Waals surface area contributed by atoms with E-state index in [1.165, 1.54) is 0 Å². The Hall–Kier alpha value is -3.52. The SMILES string of the molecule is CC(C)Oc1ccc(C2/C(=C(/O)c3ccc4c(c3)N(C)CCO4)C(=O)C(=O)N2CCN(C)C)cc1. The molecular weight excluding hydrogens is 446 g/mol. The van der Waals surface area contributed by atoms with Crippen molar-refractivity contribution in [2.75, 3.05) is 52.3 Å². The van der Waals surface area contributed by atoms with Gasteiger partial charge in [-0.1, -0.05) is 12.1 Å². The van der Waals surface area contributed by atoms with Gasteiger partial charge in [-0.15, -0.1) is 0 Å². The molecule has 2 aliphatic rings. The molecule has 8 heteroatoms. The molecule has 1 fully saturated rings. The second-order valence-electron chi connectivity index (χ2n) is 9.48. The molecule has 1 unspecified atom stereocenters. The normalized spacial score (nSPS) is 19.3. The number of aliphatic hydroxyl groups is 1. The minimum atomic E-state index is -0.701. The van der Waals surface area contributed by atoms with Crippen molar-refractivity contribution in [3.8, 4) is 11.5 Å². The number of benzene rings is 2. The third-order valence-corrected chi connectivity index (χ3v) is 6.22. The molecule has 4 rings (SSSR count). The molecule has 2 aliphatic heterocycles. The van der Waals surface area contributed by atoms with Gasteiger partial charge in [-0.25, -0.2) is 0 Å². The number of nitrogens with zero attached hydrogens (tertiary/aromatic N) is 3. The summed E-state index contributed by atoms with van der Waals surface area (Å²) in [7, 11) is 5.77. The molecule has 0 spiro atoms. The van der Waals surface area contributed by atoms with Crippen molar-refractivity contribution in [3.63, 3.8) is 0 Å². The monoisotopic (exact) mass is 479 g/mol. The van der Waals surface area contributed by atoms with E-state index in [-0.39, 0.29) is 17.4 Å². The van der Waals surface area contributed by atoms with Gasteiger partial charge in [0, 0.05) is 25.7 Å². The molecule has 1 atom stereocenters. The molecule has 186 valence electrons. The van der Waals surface area contributed by atoms with Crippen LogP contribution in [0.1, 0.15) is 31.0 Å². The number of anilines is 1. The third-order valence-electron chi connectivity index (χ3n) is 6.22. The molecule has 0 saturated carbocycles. The van der Waals surface area contributed by atoms with E-state index >= 15 is 0 Å². The molecule has 1 saturated heterocycles. The summed E-state index contributed by atoms with van der Waals surface area (Å²) in [4.78, 5) is 31.9. The van der Waals surface area contributed by atoms with E-state index in [1.807, 2.05) is 69.1 Å². The Labute approximate surface area is 206 Å². The molecule has 0 radical (unpaired) electrons. The van der Waals surface area contributed by atoms with E-state index in [4.69, 9.17) is 9.47 Å². The average molecular weight is 480 g/mol. The maximum absolute atomic E-state index is 13.2. The van der Waals surface area contributed by atoms with Crippen molar-refractivity contribution in [2.24, 2.45) is 0 Å². The lowest BCUT2D eigenvalue weighted by Crippen LogP contribution is -2.35. The van der Waals surface area contributed by atoms with Gasteiger partial charge < -0.3 is 29.3 Å². The van der Waals surface area contributed by atoms with E-state index < -0.39 is 17.7 Å². The van der Waals surface area contributed by atoms with E-state index in [0.29, 0.717) is 31.0 Å². The minimum Gasteiger partial charge on any atom is -0.507 e. The van der Waals surface area contributed by atoms with Gasteiger partial charge in [0.2, 0.25) is 0 Å². The zero-order valence-corrected chi connectivity index (χ0v) is 20.9. The van der Waals surface area contributed by atoms with Gasteiger partial charge in [-0.2, -0.15) is 0 Å². The Morgan fingerprint density at radius 3 is 2.54 bits per heavy atom. The highest BCUT2D eigenvalue weighted by molar-refractivity contribution is 6.46. The van der Waals surface area contributed by atoms with Crippen LogP contribution in [0.5, 0.6) is 11.5 Å². The van der Waals surface area contributed by atoms with Crippen LogP contribution in [0, 0.1) is 0 Å². The highest BCUT2D eigenvalue weighted by atomic mass is 16.5. The number of carbonyl (C=O) groups is 2. The van der Waals surface area contributed by atoms with E-state index in [9.17, 15) is 14.7 Å². The Morgan fingerprint density at radius 1 is 1.17 bits per heavy atom. The number of carbonyl (C=O) groups excluding carboxylic acids is 2. The fraction of sp³-hybridized carbons (Fsp3) is 0.407. The fourth-order valence-corrected chi connectivity index (χ4v) is 4.42. The maximum atomic E-state index is 13.2. The second-order valence-corrected chi connectivity index (χ2v) is 9.48. The lowest BCUT2D eigenvalue weighted by molar-refractivity contribution is -0.140. The molecule has 1 amide bonds. The summed E-state index contributed by atoms with van der Waals surface area (Å²) in [5.74, 6) is -0.0638. The molecule has 8 nitrogen and oxygen atoms in total. The Bertz CT molecular complexity index is 1140. The predicted octanol–water partition coefficient (Wildman–Crippen LogP) is 3.29. The molecule has 0 bridgehead atoms. The number of fused-ring (bicyclic) bond motifs is 1. The number of amides is 1. The van der Waals surface area contributed by atoms with Gasteiger partial charge in [0.15, 0.2) is 0 Å². The molecule has 2 aromatic rings. The van der Waals surface area contributed by atoms with Crippen molar-refractivity contribution < 1.29 is 24.2 Å². The van der Waals surface area contributed by atoms with E-state index in [0.717, 1.165) is 23.5 Å². The summed E-state index contributed by atoms with van der Waals surface area (Å²) in [5.41, 5.74) is 2.12. The highest BCUT2D eigenvalue weighted by Crippen LogP contribution is 2.41. The number of likely N-dealkylation sites (N-methyl/N-ethyl adjacent to an activating group) is 2. The number of Topliss-reactive ketones (excluding diaryl/α,β-unsaturated/α-hetero) is 1. The summed E-state index contributed by atoms with van der Waals surface area (Å²) in [5, 5.41) is 11.4. The number of hydrogen-bond donors (Lipinski definition) is 1. The van der Waals surface area contributed by atoms with Gasteiger partial charge in [0.1, 0.15) is 23.9 Å². The van der Waals surface area contributed by atoms with Gasteiger partial charge in [0.05, 0.1) is 30.0 Å². The number of hydrogen-bond acceptors (Lipinski definition) is 7. The molecule has 2 heterocycles. The molecule has 1 N–H and O–H groups in total. The summed E-state index contributed by atoms with van der Waals surface area (Å²) in [6.07, 6.45) is 0.0256. The van der Waals surface area contributed by atoms with Crippen LogP contribution in [0.3, 0.4) is 0 Å². The van der Waals surface area contributed by atoms with Gasteiger partial charge >= 0.3 is 0 Å². The Balaban J connectivity index is 1.79. The lowest BCUT2D eigenvalue weighted by Gasteiger charge is -2.28. The first kappa shape index (κ1) is 24.6. The zero-order chi connectivity index (χ0) is 25.3. The smallest absolute Gasteiger partial charge is 0.295 e. The van der Waals surface area contributed by atoms with Crippen LogP contribution in [0.25, 0.3) is 5.76 Å². The van der Waals surface area contributed by atoms with Gasteiger partial charge in [-0.3, -0.25) is 9.59 Å². The standard InChI is InChI=1S/C27H33N3O5/c1-17(2)35-20-9-6-18(7-10-20)24-23(26(32)27(33)30(24)13-12-28(3)4)25(31)19-8-11-22-21(16-19)29(5)14-15-34-22/h6-11,16-17,24,31H,12-15H2,1-5H3/b25-23-. The van der Waals surface area contributed by atoms with Gasteiger partial charge in [0.25, 0.3) is 11.7 Å². The first-order valence-electron chi connectivity index (χ1n) is 11.9. The zero-order valence-electron chi connectivity index (χ0n) is 20.9. The summed E-state index contributed by atoms with van der Waals surface area (Å²) >= 11 is 0. The predicted molar refractivity (Wildman–Crippen MR) is 135 cm³/mol. The van der Waals surface area contributed by atoms with Crippen molar-refractivity contribution in [1.29, 1.82) is 0 Å². The van der Waals surface area contributed by atoms with Crippen LogP contribution < -0.4 is 14.4 Å². The van der Waals surface area contributed by atoms with Crippen LogP contribution in [-0.4, -0.2) is 80.1 Å². The Kier molecular flexibility index (Phi) is 7.03. The van der Waals surface area contributed by atoms with E-state index in [1.54, 1.807) is 23.1 Å². The largest absolute Gasteiger partial charge is 0.507 e. The van der Waals surface area contributed by atoms with Crippen molar-refractivity contribution >= 4 is 23.1 Å². The van der Waals surface area contributed by atoms with Crippen LogP contribution in [0.2, 0.25) is 0 Å². The Morgan fingerprint density at radius 2 is 1.89 bits per heavy atom. The molecule has 2 aromatic carbocycles. The van der Waals surface area contributed by atoms with Crippen LogP contribution in [0.4, 0.5) is 5.69 Å². The molecular formula is C27H33N3O5. The highest BCUT2D eigenvalue weighted by Gasteiger charge is 2.46. The van der Waals surface area contributed by atoms with Gasteiger partial charge in [-0.05, 0) is 63.8 Å². The number of ketones is 1. The van der Waals surface area contributed by atoms with Crippen LogP contribution in [-0.2, 0) is 9.59 Å². The lowest BCUT2D eigenvalue weighted by atomic mass is 9.95. The number of likely N-dealkylation sites (tertiary alicyclic amines) is 1. The summed E-state index contributed by atoms with van der Waals surface area (Å²) in [6.45, 7) is 6.14. The number of ether oxygens (including phenoxy) is 2. The summed E-state index contributed by atoms with van der Waals surface area (Å²) in [6, 6.07) is 11.9. The first-order chi connectivity index (χ1) is 16.7. The first-order valence-corrected chi connectivity index (χ1v) is 11.9. The molecule has 35 heavy (non-hydrogen) atoms. The average Bonchev–Trinajstić information content (AvgIpc) is 3.07. The topological polar surface area (TPSA) is 82.5 Å². The molecule has 0 aliphatic carbocycles. The number of aliphatic hydroxyl groups excluding tert-OH is 1.